The molecule has 1 heterocycles. The molecular formula is C24H26ClN3O2S. The predicted octanol–water partition coefficient (Wildman–Crippen LogP) is 6.19. The van der Waals surface area contributed by atoms with E-state index in [4.69, 9.17) is 28.2 Å². The lowest BCUT2D eigenvalue weighted by atomic mass is 10.1. The molecule has 5 nitrogen and oxygen atoms in total. The Kier molecular flexibility index (Phi) is 7.36. The Labute approximate surface area is 193 Å². The lowest BCUT2D eigenvalue weighted by molar-refractivity contribution is 0.0951. The predicted molar refractivity (Wildman–Crippen MR) is 132 cm³/mol. The molecule has 2 aromatic carbocycles. The highest BCUT2D eigenvalue weighted by molar-refractivity contribution is 7.80. The molecule has 0 fully saturated rings. The lowest BCUT2D eigenvalue weighted by Crippen LogP contribution is -2.34. The summed E-state index contributed by atoms with van der Waals surface area (Å²) in [5, 5.41) is 6.61. The zero-order chi connectivity index (χ0) is 22.5. The topological polar surface area (TPSA) is 57.5 Å². The number of thiocarbonyl (C=S) groups is 1. The normalized spacial score (nSPS) is 10.6. The molecule has 3 aromatic rings. The van der Waals surface area contributed by atoms with Gasteiger partial charge in [0.2, 0.25) is 0 Å². The zero-order valence-electron chi connectivity index (χ0n) is 18.1. The van der Waals surface area contributed by atoms with E-state index in [9.17, 15) is 4.79 Å². The van der Waals surface area contributed by atoms with Crippen LogP contribution >= 0.6 is 23.8 Å². The second kappa shape index (κ2) is 9.98. The summed E-state index contributed by atoms with van der Waals surface area (Å²) in [6.45, 7) is 10.1. The Bertz CT molecular complexity index is 1110. The summed E-state index contributed by atoms with van der Waals surface area (Å²) in [4.78, 5) is 14.8. The largest absolute Gasteiger partial charge is 0.451 e. The minimum atomic E-state index is -0.417. The monoisotopic (exact) mass is 455 g/mol. The fourth-order valence-corrected chi connectivity index (χ4v) is 3.64. The number of nitrogens with one attached hydrogen (secondary N) is 2. The van der Waals surface area contributed by atoms with Crippen molar-refractivity contribution in [3.8, 4) is 11.3 Å². The standard InChI is InChI=1S/C24H26ClN3O2S/c1-5-28(6-2)18-9-10-20(16(4)13-18)26-24(31)27-23(29)22-12-11-21(30-22)17-8-7-15(3)19(25)14-17/h7-14H,5-6H2,1-4H3,(H2,26,27,29,31). The second-order valence-electron chi connectivity index (χ2n) is 7.21. The minimum absolute atomic E-state index is 0.171. The fraction of sp³-hybridized carbons (Fsp3) is 0.250. The molecule has 0 saturated heterocycles. The molecule has 0 aliphatic rings. The van der Waals surface area contributed by atoms with E-state index in [1.165, 1.54) is 0 Å². The second-order valence-corrected chi connectivity index (χ2v) is 8.02. The van der Waals surface area contributed by atoms with Gasteiger partial charge in [-0.15, -0.1) is 0 Å². The van der Waals surface area contributed by atoms with Crippen molar-refractivity contribution in [2.24, 2.45) is 0 Å². The highest BCUT2D eigenvalue weighted by Gasteiger charge is 2.15. The van der Waals surface area contributed by atoms with Gasteiger partial charge < -0.3 is 14.6 Å². The summed E-state index contributed by atoms with van der Waals surface area (Å²) in [7, 11) is 0. The maximum atomic E-state index is 12.6. The number of hydrogen-bond acceptors (Lipinski definition) is 4. The zero-order valence-corrected chi connectivity index (χ0v) is 19.7. The maximum Gasteiger partial charge on any atom is 0.293 e. The van der Waals surface area contributed by atoms with Crippen molar-refractivity contribution in [3.63, 3.8) is 0 Å². The number of halogens is 1. The number of carbonyl (C=O) groups excluding carboxylic acids is 1. The van der Waals surface area contributed by atoms with Gasteiger partial charge in [-0.3, -0.25) is 10.1 Å². The third-order valence-electron chi connectivity index (χ3n) is 5.10. The van der Waals surface area contributed by atoms with Gasteiger partial charge in [-0.05, 0) is 87.4 Å². The molecule has 1 amide bonds. The highest BCUT2D eigenvalue weighted by atomic mass is 35.5. The summed E-state index contributed by atoms with van der Waals surface area (Å²) in [6.07, 6.45) is 0. The molecule has 0 unspecified atom stereocenters. The van der Waals surface area contributed by atoms with E-state index in [-0.39, 0.29) is 10.9 Å². The van der Waals surface area contributed by atoms with Gasteiger partial charge in [-0.25, -0.2) is 0 Å². The van der Waals surface area contributed by atoms with Crippen LogP contribution in [-0.4, -0.2) is 24.1 Å². The van der Waals surface area contributed by atoms with Crippen LogP contribution in [0.1, 0.15) is 35.5 Å². The molecule has 0 bridgehead atoms. The van der Waals surface area contributed by atoms with Crippen LogP contribution in [0.2, 0.25) is 5.02 Å². The van der Waals surface area contributed by atoms with E-state index >= 15 is 0 Å². The van der Waals surface area contributed by atoms with Gasteiger partial charge >= 0.3 is 0 Å². The lowest BCUT2D eigenvalue weighted by Gasteiger charge is -2.22. The van der Waals surface area contributed by atoms with Crippen LogP contribution in [0.15, 0.2) is 52.9 Å². The Morgan fingerprint density at radius 3 is 2.42 bits per heavy atom. The average molecular weight is 456 g/mol. The van der Waals surface area contributed by atoms with Crippen molar-refractivity contribution in [3.05, 3.63) is 70.4 Å². The van der Waals surface area contributed by atoms with Gasteiger partial charge in [0.15, 0.2) is 10.9 Å². The van der Waals surface area contributed by atoms with Crippen molar-refractivity contribution in [2.75, 3.05) is 23.3 Å². The van der Waals surface area contributed by atoms with Crippen LogP contribution in [0.25, 0.3) is 11.3 Å². The molecular weight excluding hydrogens is 430 g/mol. The molecule has 162 valence electrons. The third-order valence-corrected chi connectivity index (χ3v) is 5.71. The number of benzene rings is 2. The Morgan fingerprint density at radius 2 is 1.77 bits per heavy atom. The molecule has 0 saturated carbocycles. The minimum Gasteiger partial charge on any atom is -0.451 e. The number of furan rings is 1. The first-order valence-corrected chi connectivity index (χ1v) is 10.9. The summed E-state index contributed by atoms with van der Waals surface area (Å²) < 4.78 is 5.70. The van der Waals surface area contributed by atoms with Crippen LogP contribution in [0, 0.1) is 13.8 Å². The molecule has 2 N–H and O–H groups in total. The van der Waals surface area contributed by atoms with Crippen LogP contribution in [0.3, 0.4) is 0 Å². The fourth-order valence-electron chi connectivity index (χ4n) is 3.25. The number of hydrogen-bond donors (Lipinski definition) is 2. The Balaban J connectivity index is 1.65. The van der Waals surface area contributed by atoms with Crippen molar-refractivity contribution in [2.45, 2.75) is 27.7 Å². The molecule has 0 spiro atoms. The quantitative estimate of drug-likeness (QED) is 0.434. The summed E-state index contributed by atoms with van der Waals surface area (Å²) in [5.74, 6) is 0.317. The first kappa shape index (κ1) is 22.8. The smallest absolute Gasteiger partial charge is 0.293 e. The summed E-state index contributed by atoms with van der Waals surface area (Å²) in [5.41, 5.74) is 4.82. The van der Waals surface area contributed by atoms with Crippen LogP contribution < -0.4 is 15.5 Å². The van der Waals surface area contributed by atoms with Crippen LogP contribution in [-0.2, 0) is 0 Å². The number of nitrogens with zero attached hydrogens (tertiary/aromatic N) is 1. The van der Waals surface area contributed by atoms with Gasteiger partial charge in [-0.1, -0.05) is 23.7 Å². The van der Waals surface area contributed by atoms with Gasteiger partial charge in [0, 0.05) is 35.1 Å². The average Bonchev–Trinajstić information content (AvgIpc) is 3.23. The molecule has 0 aliphatic heterocycles. The number of carbonyl (C=O) groups is 1. The van der Waals surface area contributed by atoms with Crippen molar-refractivity contribution in [1.29, 1.82) is 0 Å². The van der Waals surface area contributed by atoms with Gasteiger partial charge in [-0.2, -0.15) is 0 Å². The van der Waals surface area contributed by atoms with E-state index in [1.807, 2.05) is 44.2 Å². The summed E-state index contributed by atoms with van der Waals surface area (Å²) >= 11 is 11.5. The number of rotatable bonds is 6. The SMILES string of the molecule is CCN(CC)c1ccc(NC(=S)NC(=O)c2ccc(-c3ccc(C)c(Cl)c3)o2)c(C)c1. The van der Waals surface area contributed by atoms with E-state index in [0.717, 1.165) is 41.2 Å². The first-order valence-electron chi connectivity index (χ1n) is 10.2. The molecule has 0 atom stereocenters. The molecule has 3 rings (SSSR count). The van der Waals surface area contributed by atoms with Gasteiger partial charge in [0.25, 0.3) is 5.91 Å². The van der Waals surface area contributed by atoms with Crippen LogP contribution in [0.4, 0.5) is 11.4 Å². The van der Waals surface area contributed by atoms with E-state index in [0.29, 0.717) is 10.8 Å². The Morgan fingerprint density at radius 1 is 1.03 bits per heavy atom. The third kappa shape index (κ3) is 5.46. The number of amides is 1. The first-order chi connectivity index (χ1) is 14.8. The van der Waals surface area contributed by atoms with Crippen molar-refractivity contribution in [1.82, 2.24) is 5.32 Å². The number of aryl methyl sites for hydroxylation is 2. The van der Waals surface area contributed by atoms with E-state index in [1.54, 1.807) is 12.1 Å². The van der Waals surface area contributed by atoms with Crippen LogP contribution in [0.5, 0.6) is 0 Å². The van der Waals surface area contributed by atoms with Crippen molar-refractivity contribution < 1.29 is 9.21 Å². The molecule has 1 aromatic heterocycles. The van der Waals surface area contributed by atoms with Crippen molar-refractivity contribution >= 4 is 46.2 Å². The van der Waals surface area contributed by atoms with E-state index < -0.39 is 5.91 Å². The Hall–Kier alpha value is -2.83. The maximum absolute atomic E-state index is 12.6. The highest BCUT2D eigenvalue weighted by Crippen LogP contribution is 2.27. The molecule has 0 aliphatic carbocycles. The van der Waals surface area contributed by atoms with Gasteiger partial charge in [0.05, 0.1) is 0 Å². The molecule has 31 heavy (non-hydrogen) atoms. The molecule has 7 heteroatoms. The molecule has 0 radical (unpaired) electrons. The van der Waals surface area contributed by atoms with Gasteiger partial charge in [0.1, 0.15) is 5.76 Å². The van der Waals surface area contributed by atoms with E-state index in [2.05, 4.69) is 35.4 Å². The summed E-state index contributed by atoms with van der Waals surface area (Å²) in [6, 6.07) is 15.1. The number of anilines is 2.